The number of anilines is 1. The van der Waals surface area contributed by atoms with Gasteiger partial charge in [-0.05, 0) is 48.9 Å². The third-order valence-electron chi connectivity index (χ3n) is 6.65. The van der Waals surface area contributed by atoms with Crippen LogP contribution in [0.2, 0.25) is 0 Å². The first-order valence-corrected chi connectivity index (χ1v) is 10.6. The Kier molecular flexibility index (Phi) is 5.07. The Morgan fingerprint density at radius 1 is 1.09 bits per heavy atom. The summed E-state index contributed by atoms with van der Waals surface area (Å²) in [6.45, 7) is 1.36. The van der Waals surface area contributed by atoms with Gasteiger partial charge in [-0.25, -0.2) is 23.8 Å². The van der Waals surface area contributed by atoms with E-state index in [1.54, 1.807) is 6.21 Å². The maximum Gasteiger partial charge on any atom is 0.267 e. The summed E-state index contributed by atoms with van der Waals surface area (Å²) in [4.78, 5) is 35.1. The highest BCUT2D eigenvalue weighted by Gasteiger charge is 2.46. The molecule has 2 amide bonds. The van der Waals surface area contributed by atoms with Gasteiger partial charge >= 0.3 is 0 Å². The number of benzene rings is 1. The number of hydrazone groups is 1. The number of hydrogen-bond acceptors (Lipinski definition) is 6. The Hall–Kier alpha value is -3.43. The first-order chi connectivity index (χ1) is 15.4. The highest BCUT2D eigenvalue weighted by Crippen LogP contribution is 2.44. The number of nitrogens with two attached hydrogens (primary N) is 1. The topological polar surface area (TPSA) is 105 Å². The Labute approximate surface area is 183 Å². The Bertz CT molecular complexity index is 1100. The van der Waals surface area contributed by atoms with Crippen LogP contribution in [-0.2, 0) is 4.79 Å². The average Bonchev–Trinajstić information content (AvgIpc) is 3.50. The molecule has 2 N–H and O–H groups in total. The largest absolute Gasteiger partial charge is 0.364 e. The highest BCUT2D eigenvalue weighted by atomic mass is 19.1. The van der Waals surface area contributed by atoms with Crippen molar-refractivity contribution in [2.45, 2.75) is 25.3 Å². The van der Waals surface area contributed by atoms with E-state index in [2.05, 4.69) is 15.1 Å². The maximum absolute atomic E-state index is 14.3. The molecule has 32 heavy (non-hydrogen) atoms. The van der Waals surface area contributed by atoms with E-state index in [1.807, 2.05) is 4.90 Å². The van der Waals surface area contributed by atoms with E-state index in [1.165, 1.54) is 17.3 Å². The van der Waals surface area contributed by atoms with Crippen LogP contribution in [0.5, 0.6) is 0 Å². The van der Waals surface area contributed by atoms with Crippen LogP contribution >= 0.6 is 0 Å². The van der Waals surface area contributed by atoms with Crippen molar-refractivity contribution in [1.82, 2.24) is 15.0 Å². The molecular formula is C22H22F2N6O2. The Balaban J connectivity index is 1.26. The van der Waals surface area contributed by atoms with Gasteiger partial charge in [-0.1, -0.05) is 0 Å². The van der Waals surface area contributed by atoms with Crippen LogP contribution in [0.4, 0.5) is 14.7 Å². The van der Waals surface area contributed by atoms with E-state index in [9.17, 15) is 18.4 Å². The summed E-state index contributed by atoms with van der Waals surface area (Å²) in [7, 11) is 0. The Morgan fingerprint density at radius 2 is 1.84 bits per heavy atom. The minimum atomic E-state index is -0.625. The molecule has 1 aromatic heterocycles. The summed E-state index contributed by atoms with van der Waals surface area (Å²) in [5, 5.41) is 5.51. The van der Waals surface area contributed by atoms with E-state index >= 15 is 0 Å². The predicted molar refractivity (Wildman–Crippen MR) is 112 cm³/mol. The zero-order valence-electron chi connectivity index (χ0n) is 17.2. The molecule has 2 aliphatic heterocycles. The van der Waals surface area contributed by atoms with Crippen molar-refractivity contribution in [3.05, 3.63) is 53.4 Å². The first-order valence-electron chi connectivity index (χ1n) is 10.6. The molecule has 3 atom stereocenters. The number of aromatic nitrogens is 2. The molecule has 166 valence electrons. The Morgan fingerprint density at radius 3 is 2.56 bits per heavy atom. The third-order valence-corrected chi connectivity index (χ3v) is 6.65. The van der Waals surface area contributed by atoms with Crippen molar-refractivity contribution in [1.29, 1.82) is 0 Å². The molecule has 3 unspecified atom stereocenters. The third kappa shape index (κ3) is 3.59. The maximum atomic E-state index is 14.3. The van der Waals surface area contributed by atoms with Crippen LogP contribution in [0, 0.1) is 29.4 Å². The molecule has 2 aromatic rings. The summed E-state index contributed by atoms with van der Waals surface area (Å²) < 4.78 is 28.0. The van der Waals surface area contributed by atoms with Crippen LogP contribution in [-0.4, -0.2) is 46.1 Å². The van der Waals surface area contributed by atoms with Gasteiger partial charge in [0, 0.05) is 43.4 Å². The molecular weight excluding hydrogens is 418 g/mol. The smallest absolute Gasteiger partial charge is 0.267 e. The molecule has 0 radical (unpaired) electrons. The van der Waals surface area contributed by atoms with Gasteiger partial charge in [-0.2, -0.15) is 5.10 Å². The van der Waals surface area contributed by atoms with Gasteiger partial charge in [0.1, 0.15) is 17.3 Å². The van der Waals surface area contributed by atoms with Crippen LogP contribution < -0.4 is 10.6 Å². The number of carbonyl (C=O) groups is 2. The average molecular weight is 440 g/mol. The molecule has 0 bridgehead atoms. The van der Waals surface area contributed by atoms with Gasteiger partial charge in [-0.3, -0.25) is 9.59 Å². The zero-order chi connectivity index (χ0) is 22.4. The van der Waals surface area contributed by atoms with Gasteiger partial charge in [0.05, 0.1) is 6.04 Å². The first kappa shape index (κ1) is 20.5. The van der Waals surface area contributed by atoms with E-state index in [4.69, 9.17) is 5.73 Å². The number of rotatable bonds is 4. The fraction of sp³-hybridized carbons (Fsp3) is 0.409. The summed E-state index contributed by atoms with van der Waals surface area (Å²) in [6, 6.07) is 4.13. The molecule has 10 heteroatoms. The number of halogens is 2. The summed E-state index contributed by atoms with van der Waals surface area (Å²) >= 11 is 0. The summed E-state index contributed by atoms with van der Waals surface area (Å²) in [5.41, 5.74) is 5.62. The number of nitrogens with zero attached hydrogens (tertiary/aromatic N) is 5. The quantitative estimate of drug-likeness (QED) is 0.785. The second-order valence-corrected chi connectivity index (χ2v) is 8.60. The van der Waals surface area contributed by atoms with Gasteiger partial charge in [0.2, 0.25) is 11.9 Å². The minimum Gasteiger partial charge on any atom is -0.364 e. The van der Waals surface area contributed by atoms with E-state index in [0.29, 0.717) is 38.3 Å². The fourth-order valence-corrected chi connectivity index (χ4v) is 5.14. The van der Waals surface area contributed by atoms with Crippen molar-refractivity contribution in [3.63, 3.8) is 0 Å². The number of carbonyl (C=O) groups excluding carboxylic acids is 2. The van der Waals surface area contributed by atoms with Gasteiger partial charge < -0.3 is 10.6 Å². The zero-order valence-corrected chi connectivity index (χ0v) is 17.2. The fourth-order valence-electron chi connectivity index (χ4n) is 5.14. The van der Waals surface area contributed by atoms with E-state index in [-0.39, 0.29) is 34.9 Å². The van der Waals surface area contributed by atoms with Crippen LogP contribution in [0.25, 0.3) is 0 Å². The van der Waals surface area contributed by atoms with Crippen LogP contribution in [0.3, 0.4) is 0 Å². The molecule has 1 saturated heterocycles. The predicted octanol–water partition coefficient (Wildman–Crippen LogP) is 2.28. The van der Waals surface area contributed by atoms with Crippen molar-refractivity contribution >= 4 is 24.0 Å². The molecule has 0 spiro atoms. The number of amides is 2. The molecule has 3 heterocycles. The SMILES string of the molecule is NC(=O)c1ccnc(N2CC3CC(C(=O)N4N=CCC4c4cc(F)ccc4F)CC3C2)n1. The van der Waals surface area contributed by atoms with Gasteiger partial charge in [0.15, 0.2) is 0 Å². The lowest BCUT2D eigenvalue weighted by atomic mass is 10.00. The second-order valence-electron chi connectivity index (χ2n) is 8.60. The lowest BCUT2D eigenvalue weighted by Crippen LogP contribution is -2.33. The molecule has 1 saturated carbocycles. The number of hydrogen-bond donors (Lipinski definition) is 1. The number of fused-ring (bicyclic) bond motifs is 1. The molecule has 2 fully saturated rings. The van der Waals surface area contributed by atoms with Crippen LogP contribution in [0.1, 0.15) is 41.4 Å². The lowest BCUT2D eigenvalue weighted by molar-refractivity contribution is -0.137. The summed E-state index contributed by atoms with van der Waals surface area (Å²) in [6.07, 6.45) is 4.81. The minimum absolute atomic E-state index is 0.145. The van der Waals surface area contributed by atoms with Gasteiger partial charge in [0.25, 0.3) is 5.91 Å². The standard InChI is InChI=1S/C22H22F2N6O2/c23-15-1-2-17(24)16(9-15)19-4-6-27-30(19)21(32)12-7-13-10-29(11-14(13)8-12)22-26-5-3-18(28-22)20(25)31/h1-3,5-6,9,12-14,19H,4,7-8,10-11H2,(H2,25,31). The number of primary amides is 1. The van der Waals surface area contributed by atoms with Crippen molar-refractivity contribution in [2.75, 3.05) is 18.0 Å². The molecule has 3 aliphatic rings. The lowest BCUT2D eigenvalue weighted by Gasteiger charge is -2.26. The van der Waals surface area contributed by atoms with E-state index < -0.39 is 23.6 Å². The molecule has 1 aromatic carbocycles. The summed E-state index contributed by atoms with van der Waals surface area (Å²) in [5.74, 6) is -1.05. The normalized spacial score (nSPS) is 26.6. The van der Waals surface area contributed by atoms with Crippen molar-refractivity contribution in [2.24, 2.45) is 28.6 Å². The molecule has 5 rings (SSSR count). The molecule has 8 nitrogen and oxygen atoms in total. The molecule has 1 aliphatic carbocycles. The van der Waals surface area contributed by atoms with Crippen molar-refractivity contribution in [3.8, 4) is 0 Å². The van der Waals surface area contributed by atoms with Gasteiger partial charge in [-0.15, -0.1) is 0 Å². The van der Waals surface area contributed by atoms with Crippen molar-refractivity contribution < 1.29 is 18.4 Å². The highest BCUT2D eigenvalue weighted by molar-refractivity contribution is 5.90. The van der Waals surface area contributed by atoms with E-state index in [0.717, 1.165) is 18.2 Å². The second kappa shape index (κ2) is 7.92. The monoisotopic (exact) mass is 440 g/mol. The van der Waals surface area contributed by atoms with Crippen LogP contribution in [0.15, 0.2) is 35.6 Å².